The summed E-state index contributed by atoms with van der Waals surface area (Å²) in [7, 11) is 1.87. The predicted molar refractivity (Wildman–Crippen MR) is 140 cm³/mol. The zero-order valence-corrected chi connectivity index (χ0v) is 21.7. The number of phenols is 1. The number of phenolic OH excluding ortho intramolecular Hbond substituents is 1. The Morgan fingerprint density at radius 1 is 1.05 bits per heavy atom. The molecule has 1 fully saturated rings. The number of benzene rings is 2. The third kappa shape index (κ3) is 4.97. The Labute approximate surface area is 217 Å². The van der Waals surface area contributed by atoms with Crippen LogP contribution in [0.5, 0.6) is 23.1 Å². The van der Waals surface area contributed by atoms with E-state index in [1.54, 1.807) is 12.1 Å². The number of amides is 2. The van der Waals surface area contributed by atoms with Gasteiger partial charge in [-0.25, -0.2) is 4.98 Å². The first-order chi connectivity index (χ1) is 17.7. The summed E-state index contributed by atoms with van der Waals surface area (Å²) in [4.78, 5) is 32.4. The van der Waals surface area contributed by atoms with E-state index in [0.717, 1.165) is 39.5 Å². The van der Waals surface area contributed by atoms with Gasteiger partial charge in [-0.2, -0.15) is 4.98 Å². The molecule has 5 rings (SSSR count). The second kappa shape index (κ2) is 9.78. The number of pyridine rings is 1. The molecule has 190 valence electrons. The average molecular weight is 519 g/mol. The molecule has 0 bridgehead atoms. The number of imide groups is 1. The van der Waals surface area contributed by atoms with Crippen molar-refractivity contribution in [3.05, 3.63) is 70.5 Å². The van der Waals surface area contributed by atoms with Gasteiger partial charge in [-0.1, -0.05) is 23.9 Å². The largest absolute Gasteiger partial charge is 0.507 e. The fraction of sp³-hybridized carbons (Fsp3) is 0.259. The van der Waals surface area contributed by atoms with Gasteiger partial charge in [0.2, 0.25) is 11.8 Å². The second-order valence-electron chi connectivity index (χ2n) is 8.99. The van der Waals surface area contributed by atoms with Gasteiger partial charge in [-0.15, -0.1) is 0 Å². The summed E-state index contributed by atoms with van der Waals surface area (Å²) in [6.45, 7) is 5.84. The molecule has 0 radical (unpaired) electrons. The Balaban J connectivity index is 1.27. The van der Waals surface area contributed by atoms with Crippen LogP contribution < -0.4 is 14.8 Å². The van der Waals surface area contributed by atoms with Crippen molar-refractivity contribution in [1.82, 2.24) is 19.9 Å². The first kappa shape index (κ1) is 24.6. The van der Waals surface area contributed by atoms with Gasteiger partial charge in [0.05, 0.1) is 5.25 Å². The third-order valence-corrected chi connectivity index (χ3v) is 7.47. The molecule has 9 nitrogen and oxygen atoms in total. The molecule has 1 aliphatic heterocycles. The average Bonchev–Trinajstić information content (AvgIpc) is 3.37. The molecule has 10 heteroatoms. The number of nitrogens with one attached hydrogen (secondary N) is 1. The number of ether oxygens (including phenoxy) is 2. The first-order valence-corrected chi connectivity index (χ1v) is 12.6. The zero-order valence-electron chi connectivity index (χ0n) is 20.9. The van der Waals surface area contributed by atoms with Crippen molar-refractivity contribution >= 4 is 34.1 Å². The molecule has 37 heavy (non-hydrogen) atoms. The zero-order chi connectivity index (χ0) is 26.3. The van der Waals surface area contributed by atoms with Gasteiger partial charge in [0.25, 0.3) is 5.24 Å². The number of rotatable bonds is 7. The minimum Gasteiger partial charge on any atom is -0.507 e. The standard InChI is InChI=1S/C27H26N4O5S/c1-14-11-20(15(2)16(3)24(14)32)36-23-10-9-19-25(29-23)31(4)22(28-19)13-35-18-7-5-17(6-8-18)12-21-26(33)30-27(34)37-21/h5-11,21,32H,12-13H2,1-4H3,(H,30,33,34). The molecule has 1 atom stereocenters. The first-order valence-electron chi connectivity index (χ1n) is 11.7. The fourth-order valence-corrected chi connectivity index (χ4v) is 5.00. The topological polar surface area (TPSA) is 116 Å². The number of aromatic nitrogens is 3. The summed E-state index contributed by atoms with van der Waals surface area (Å²) in [5.74, 6) is 2.47. The molecular formula is C27H26N4O5S. The molecule has 2 aromatic heterocycles. The molecule has 2 amide bonds. The minimum atomic E-state index is -0.397. The van der Waals surface area contributed by atoms with Crippen LogP contribution in [-0.2, 0) is 24.9 Å². The summed E-state index contributed by atoms with van der Waals surface area (Å²) >= 11 is 1.02. The number of nitrogens with zero attached hydrogens (tertiary/aromatic N) is 3. The number of aryl methyl sites for hydroxylation is 2. The number of carbonyl (C=O) groups excluding carboxylic acids is 2. The Bertz CT molecular complexity index is 1530. The normalized spacial score (nSPS) is 15.3. The van der Waals surface area contributed by atoms with Crippen molar-refractivity contribution in [2.45, 2.75) is 39.0 Å². The van der Waals surface area contributed by atoms with E-state index in [1.165, 1.54) is 0 Å². The van der Waals surface area contributed by atoms with Crippen LogP contribution >= 0.6 is 11.8 Å². The molecule has 0 aliphatic carbocycles. The van der Waals surface area contributed by atoms with Gasteiger partial charge < -0.3 is 19.1 Å². The van der Waals surface area contributed by atoms with E-state index in [0.29, 0.717) is 35.3 Å². The summed E-state index contributed by atoms with van der Waals surface area (Å²) in [5.41, 5.74) is 4.71. The number of carbonyl (C=O) groups is 2. The SMILES string of the molecule is Cc1cc(Oc2ccc3nc(COc4ccc(CC5SC(=O)NC5=O)cc4)n(C)c3n2)c(C)c(C)c1O. The van der Waals surface area contributed by atoms with Gasteiger partial charge in [-0.3, -0.25) is 14.9 Å². The molecule has 0 saturated carbocycles. The van der Waals surface area contributed by atoms with Gasteiger partial charge in [0.15, 0.2) is 5.65 Å². The quantitative estimate of drug-likeness (QED) is 0.356. The fourth-order valence-electron chi connectivity index (χ4n) is 4.14. The van der Waals surface area contributed by atoms with Crippen LogP contribution in [0.25, 0.3) is 11.2 Å². The van der Waals surface area contributed by atoms with Crippen molar-refractivity contribution in [3.8, 4) is 23.1 Å². The molecule has 1 unspecified atom stereocenters. The number of hydrogen-bond acceptors (Lipinski definition) is 8. The van der Waals surface area contributed by atoms with Crippen LogP contribution in [0, 0.1) is 20.8 Å². The summed E-state index contributed by atoms with van der Waals surface area (Å²) in [6, 6.07) is 12.9. The molecular weight excluding hydrogens is 492 g/mol. The Morgan fingerprint density at radius 2 is 1.81 bits per heavy atom. The predicted octanol–water partition coefficient (Wildman–Crippen LogP) is 4.86. The van der Waals surface area contributed by atoms with Crippen LogP contribution in [-0.4, -0.2) is 36.0 Å². The maximum atomic E-state index is 11.8. The number of fused-ring (bicyclic) bond motifs is 1. The Morgan fingerprint density at radius 3 is 2.51 bits per heavy atom. The Kier molecular flexibility index (Phi) is 6.51. The summed E-state index contributed by atoms with van der Waals surface area (Å²) in [5, 5.41) is 11.8. The molecule has 1 saturated heterocycles. The van der Waals surface area contributed by atoms with E-state index in [9.17, 15) is 14.7 Å². The number of thioether (sulfide) groups is 1. The van der Waals surface area contributed by atoms with Crippen molar-refractivity contribution < 1.29 is 24.2 Å². The van der Waals surface area contributed by atoms with Crippen molar-refractivity contribution in [2.75, 3.05) is 0 Å². The molecule has 3 heterocycles. The van der Waals surface area contributed by atoms with Gasteiger partial charge in [0, 0.05) is 13.1 Å². The highest BCUT2D eigenvalue weighted by molar-refractivity contribution is 8.15. The number of imidazole rings is 1. The summed E-state index contributed by atoms with van der Waals surface area (Å²) in [6.07, 6.45) is 0.478. The maximum Gasteiger partial charge on any atom is 0.286 e. The maximum absolute atomic E-state index is 11.8. The van der Waals surface area contributed by atoms with Crippen molar-refractivity contribution in [2.24, 2.45) is 7.05 Å². The lowest BCUT2D eigenvalue weighted by Crippen LogP contribution is -2.25. The molecule has 2 aromatic carbocycles. The Hall–Kier alpha value is -4.05. The molecule has 4 aromatic rings. The molecule has 0 spiro atoms. The van der Waals surface area contributed by atoms with Crippen LogP contribution in [0.4, 0.5) is 4.79 Å². The smallest absolute Gasteiger partial charge is 0.286 e. The summed E-state index contributed by atoms with van der Waals surface area (Å²) < 4.78 is 13.9. The highest BCUT2D eigenvalue weighted by atomic mass is 32.2. The number of aromatic hydroxyl groups is 1. The highest BCUT2D eigenvalue weighted by Crippen LogP contribution is 2.34. The van der Waals surface area contributed by atoms with E-state index in [-0.39, 0.29) is 23.5 Å². The lowest BCUT2D eigenvalue weighted by atomic mass is 10.0. The van der Waals surface area contributed by atoms with Crippen LogP contribution in [0.2, 0.25) is 0 Å². The van der Waals surface area contributed by atoms with Gasteiger partial charge in [0.1, 0.15) is 35.2 Å². The third-order valence-electron chi connectivity index (χ3n) is 6.49. The van der Waals surface area contributed by atoms with E-state index < -0.39 is 5.25 Å². The van der Waals surface area contributed by atoms with Gasteiger partial charge >= 0.3 is 0 Å². The minimum absolute atomic E-state index is 0.243. The van der Waals surface area contributed by atoms with Crippen LogP contribution in [0.15, 0.2) is 42.5 Å². The molecule has 2 N–H and O–H groups in total. The molecule has 1 aliphatic rings. The monoisotopic (exact) mass is 518 g/mol. The van der Waals surface area contributed by atoms with Gasteiger partial charge in [-0.05, 0) is 73.7 Å². The van der Waals surface area contributed by atoms with Crippen LogP contribution in [0.3, 0.4) is 0 Å². The van der Waals surface area contributed by atoms with E-state index >= 15 is 0 Å². The van der Waals surface area contributed by atoms with Crippen LogP contribution in [0.1, 0.15) is 28.1 Å². The second-order valence-corrected chi connectivity index (χ2v) is 10.2. The lowest BCUT2D eigenvalue weighted by molar-refractivity contribution is -0.118. The highest BCUT2D eigenvalue weighted by Gasteiger charge is 2.31. The number of hydrogen-bond donors (Lipinski definition) is 2. The van der Waals surface area contributed by atoms with Crippen molar-refractivity contribution in [3.63, 3.8) is 0 Å². The van der Waals surface area contributed by atoms with E-state index in [4.69, 9.17) is 9.47 Å². The van der Waals surface area contributed by atoms with E-state index in [1.807, 2.05) is 62.7 Å². The lowest BCUT2D eigenvalue weighted by Gasteiger charge is -2.13. The van der Waals surface area contributed by atoms with E-state index in [2.05, 4.69) is 15.3 Å². The van der Waals surface area contributed by atoms with Crippen molar-refractivity contribution in [1.29, 1.82) is 0 Å².